The summed E-state index contributed by atoms with van der Waals surface area (Å²) < 4.78 is 11.7. The van der Waals surface area contributed by atoms with Crippen LogP contribution in [-0.2, 0) is 0 Å². The Bertz CT molecular complexity index is 872. The fourth-order valence-corrected chi connectivity index (χ4v) is 5.08. The Kier molecular flexibility index (Phi) is 5.49. The quantitative estimate of drug-likeness (QED) is 0.702. The van der Waals surface area contributed by atoms with E-state index in [0.717, 1.165) is 28.9 Å². The van der Waals surface area contributed by atoms with Gasteiger partial charge in [0, 0.05) is 18.0 Å². The van der Waals surface area contributed by atoms with Crippen LogP contribution in [-0.4, -0.2) is 40.1 Å². The number of pyridine rings is 1. The second-order valence-corrected chi connectivity index (χ2v) is 8.56. The molecule has 0 aliphatic carbocycles. The molecule has 1 fully saturated rings. The van der Waals surface area contributed by atoms with Gasteiger partial charge in [-0.15, -0.1) is 0 Å². The van der Waals surface area contributed by atoms with Crippen molar-refractivity contribution >= 4 is 16.9 Å². The molecule has 5 nitrogen and oxygen atoms in total. The number of aromatic nitrogens is 1. The number of fused-ring (bicyclic) bond motifs is 1. The Balaban J connectivity index is 1.79. The normalized spacial score (nSPS) is 23.5. The molecule has 0 N–H and O–H groups in total. The molecule has 2 aromatic rings. The minimum atomic E-state index is -0.0117. The van der Waals surface area contributed by atoms with Gasteiger partial charge in [-0.3, -0.25) is 9.98 Å². The Morgan fingerprint density at radius 2 is 1.89 bits per heavy atom. The van der Waals surface area contributed by atoms with Gasteiger partial charge in [-0.1, -0.05) is 24.8 Å². The number of ether oxygens (including phenoxy) is 2. The number of amidine groups is 1. The second kappa shape index (κ2) is 8.03. The van der Waals surface area contributed by atoms with E-state index in [1.807, 2.05) is 43.9 Å². The maximum Gasteiger partial charge on any atom is 0.161 e. The van der Waals surface area contributed by atoms with Crippen molar-refractivity contribution in [2.45, 2.75) is 45.0 Å². The van der Waals surface area contributed by atoms with Gasteiger partial charge in [-0.05, 0) is 56.2 Å². The van der Waals surface area contributed by atoms with Gasteiger partial charge >= 0.3 is 0 Å². The topological polar surface area (TPSA) is 47.0 Å². The summed E-state index contributed by atoms with van der Waals surface area (Å²) in [5, 5.41) is 1.67. The van der Waals surface area contributed by atoms with E-state index in [0.29, 0.717) is 18.5 Å². The lowest BCUT2D eigenvalue weighted by atomic mass is 9.92. The van der Waals surface area contributed by atoms with Gasteiger partial charge in [0.2, 0.25) is 0 Å². The number of hydrogen-bond donors (Lipinski definition) is 0. The lowest BCUT2D eigenvalue weighted by Crippen LogP contribution is -2.29. The molecule has 0 radical (unpaired) electrons. The number of hydrogen-bond acceptors (Lipinski definition) is 6. The molecule has 0 spiro atoms. The zero-order chi connectivity index (χ0) is 19.7. The summed E-state index contributed by atoms with van der Waals surface area (Å²) in [5.74, 6) is 1.61. The van der Waals surface area contributed by atoms with Crippen LogP contribution in [0.5, 0.6) is 11.5 Å². The van der Waals surface area contributed by atoms with Crippen molar-refractivity contribution in [1.82, 2.24) is 9.88 Å². The Morgan fingerprint density at radius 1 is 1.14 bits per heavy atom. The average molecular weight is 398 g/mol. The van der Waals surface area contributed by atoms with Gasteiger partial charge in [-0.2, -0.15) is 0 Å². The van der Waals surface area contributed by atoms with Gasteiger partial charge in [0.25, 0.3) is 0 Å². The van der Waals surface area contributed by atoms with E-state index in [9.17, 15) is 0 Å². The molecule has 1 aromatic carbocycles. The Morgan fingerprint density at radius 3 is 2.57 bits per heavy atom. The second-order valence-electron chi connectivity index (χ2n) is 7.16. The van der Waals surface area contributed by atoms with E-state index in [4.69, 9.17) is 14.5 Å². The van der Waals surface area contributed by atoms with Crippen molar-refractivity contribution in [3.05, 3.63) is 53.3 Å². The van der Waals surface area contributed by atoms with E-state index < -0.39 is 0 Å². The number of aliphatic imine (C=N–C) groups is 1. The van der Waals surface area contributed by atoms with Crippen LogP contribution in [0.2, 0.25) is 0 Å². The molecule has 6 heteroatoms. The molecule has 2 aliphatic rings. The summed E-state index contributed by atoms with van der Waals surface area (Å²) in [6.07, 6.45) is 1.85. The van der Waals surface area contributed by atoms with Crippen molar-refractivity contribution in [3.63, 3.8) is 0 Å². The lowest BCUT2D eigenvalue weighted by Gasteiger charge is -2.29. The summed E-state index contributed by atoms with van der Waals surface area (Å²) in [5.41, 5.74) is 3.43. The third kappa shape index (κ3) is 3.46. The standard InChI is InChI=1S/C22H27N3O2S/c1-5-26-18-11-14(3)16(12-19(18)27-6-2)21-20(17-9-7-8-10-23-17)24-22-25(21)13-15(4)28-22/h7-12,15,20-21H,5-6,13H2,1-4H3/t15-,20-,21-/m0/s1. The van der Waals surface area contributed by atoms with E-state index in [2.05, 4.69) is 41.9 Å². The molecular formula is C22H27N3O2S. The summed E-state index contributed by atoms with van der Waals surface area (Å²) in [6.45, 7) is 10.6. The van der Waals surface area contributed by atoms with Crippen LogP contribution < -0.4 is 9.47 Å². The minimum Gasteiger partial charge on any atom is -0.490 e. The van der Waals surface area contributed by atoms with Crippen LogP contribution in [0.15, 0.2) is 41.5 Å². The zero-order valence-electron chi connectivity index (χ0n) is 16.9. The molecule has 1 aromatic heterocycles. The largest absolute Gasteiger partial charge is 0.490 e. The van der Waals surface area contributed by atoms with Gasteiger partial charge < -0.3 is 14.4 Å². The van der Waals surface area contributed by atoms with Gasteiger partial charge in [0.05, 0.1) is 24.9 Å². The van der Waals surface area contributed by atoms with E-state index in [-0.39, 0.29) is 12.1 Å². The van der Waals surface area contributed by atoms with Gasteiger partial charge in [0.15, 0.2) is 16.7 Å². The molecule has 1 saturated heterocycles. The third-order valence-electron chi connectivity index (χ3n) is 5.13. The molecule has 0 saturated carbocycles. The SMILES string of the molecule is CCOc1cc(C)c([C@H]2[C@H](c3ccccn3)N=C3S[C@@H](C)CN32)cc1OCC. The Hall–Kier alpha value is -2.21. The molecule has 2 aliphatic heterocycles. The summed E-state index contributed by atoms with van der Waals surface area (Å²) >= 11 is 1.86. The maximum atomic E-state index is 5.92. The highest BCUT2D eigenvalue weighted by Gasteiger charge is 2.44. The fourth-order valence-electron chi connectivity index (χ4n) is 3.99. The summed E-state index contributed by atoms with van der Waals surface area (Å²) in [7, 11) is 0. The van der Waals surface area contributed by atoms with Gasteiger partial charge in [0.1, 0.15) is 6.04 Å². The first kappa shape index (κ1) is 19.1. The highest BCUT2D eigenvalue weighted by Crippen LogP contribution is 2.49. The van der Waals surface area contributed by atoms with E-state index in [1.165, 1.54) is 11.1 Å². The van der Waals surface area contributed by atoms with Crippen LogP contribution in [0.4, 0.5) is 0 Å². The van der Waals surface area contributed by atoms with Crippen molar-refractivity contribution in [2.75, 3.05) is 19.8 Å². The highest BCUT2D eigenvalue weighted by atomic mass is 32.2. The summed E-state index contributed by atoms with van der Waals surface area (Å²) in [4.78, 5) is 12.1. The summed E-state index contributed by atoms with van der Waals surface area (Å²) in [6, 6.07) is 10.4. The molecule has 0 amide bonds. The number of rotatable bonds is 6. The first-order valence-corrected chi connectivity index (χ1v) is 10.8. The monoisotopic (exact) mass is 397 g/mol. The van der Waals surface area contributed by atoms with Crippen LogP contribution in [0.3, 0.4) is 0 Å². The van der Waals surface area contributed by atoms with Crippen molar-refractivity contribution in [2.24, 2.45) is 4.99 Å². The number of aryl methyl sites for hydroxylation is 1. The number of nitrogens with zero attached hydrogens (tertiary/aromatic N) is 3. The molecule has 4 rings (SSSR count). The van der Waals surface area contributed by atoms with Gasteiger partial charge in [-0.25, -0.2) is 0 Å². The predicted molar refractivity (Wildman–Crippen MR) is 114 cm³/mol. The first-order chi connectivity index (χ1) is 13.6. The highest BCUT2D eigenvalue weighted by molar-refractivity contribution is 8.14. The van der Waals surface area contributed by atoms with Crippen molar-refractivity contribution in [1.29, 1.82) is 0 Å². The van der Waals surface area contributed by atoms with E-state index >= 15 is 0 Å². The molecule has 148 valence electrons. The number of benzene rings is 1. The lowest BCUT2D eigenvalue weighted by molar-refractivity contribution is 0.283. The zero-order valence-corrected chi connectivity index (χ0v) is 17.7. The molecular weight excluding hydrogens is 370 g/mol. The van der Waals surface area contributed by atoms with Crippen LogP contribution >= 0.6 is 11.8 Å². The van der Waals surface area contributed by atoms with E-state index in [1.54, 1.807) is 0 Å². The van der Waals surface area contributed by atoms with Crippen LogP contribution in [0, 0.1) is 6.92 Å². The van der Waals surface area contributed by atoms with Crippen molar-refractivity contribution < 1.29 is 9.47 Å². The van der Waals surface area contributed by atoms with Crippen LogP contribution in [0.25, 0.3) is 0 Å². The van der Waals surface area contributed by atoms with Crippen LogP contribution in [0.1, 0.15) is 49.7 Å². The minimum absolute atomic E-state index is 0.0117. The molecule has 0 unspecified atom stereocenters. The number of thioether (sulfide) groups is 1. The smallest absolute Gasteiger partial charge is 0.161 e. The first-order valence-electron chi connectivity index (χ1n) is 9.94. The average Bonchev–Trinajstić information content (AvgIpc) is 3.21. The Labute approximate surface area is 171 Å². The van der Waals surface area contributed by atoms with Crippen molar-refractivity contribution in [3.8, 4) is 11.5 Å². The molecule has 28 heavy (non-hydrogen) atoms. The molecule has 3 heterocycles. The predicted octanol–water partition coefficient (Wildman–Crippen LogP) is 4.78. The molecule has 3 atom stereocenters. The fraction of sp³-hybridized carbons (Fsp3) is 0.455. The molecule has 0 bridgehead atoms. The maximum absolute atomic E-state index is 5.92. The third-order valence-corrected chi connectivity index (χ3v) is 6.23.